The zero-order chi connectivity index (χ0) is 16.3. The second-order valence-electron chi connectivity index (χ2n) is 4.95. The minimum atomic E-state index is -3.76. The number of amides is 1. The van der Waals surface area contributed by atoms with E-state index in [-0.39, 0.29) is 10.1 Å². The molecule has 2 rings (SSSR count). The molecule has 2 N–H and O–H groups in total. The number of rotatable bonds is 6. The fraction of sp³-hybridized carbons (Fsp3) is 0.385. The van der Waals surface area contributed by atoms with Gasteiger partial charge >= 0.3 is 0 Å². The number of hydrogen-bond donors (Lipinski definition) is 1. The van der Waals surface area contributed by atoms with Gasteiger partial charge < -0.3 is 9.47 Å². The molecule has 7 nitrogen and oxygen atoms in total. The Morgan fingerprint density at radius 3 is 2.77 bits per heavy atom. The zero-order valence-corrected chi connectivity index (χ0v) is 14.0. The molecular formula is C13H18N4O3S2. The molecule has 2 aromatic heterocycles. The second-order valence-corrected chi connectivity index (χ2v) is 7.65. The van der Waals surface area contributed by atoms with Crippen LogP contribution in [0.2, 0.25) is 0 Å². The number of nitrogens with two attached hydrogens (primary N) is 1. The molecule has 0 fully saturated rings. The van der Waals surface area contributed by atoms with E-state index in [9.17, 15) is 13.2 Å². The van der Waals surface area contributed by atoms with Crippen LogP contribution in [-0.4, -0.2) is 42.4 Å². The topological polar surface area (TPSA) is 98.3 Å². The molecule has 0 atom stereocenters. The average Bonchev–Trinajstić information content (AvgIpc) is 3.07. The molecule has 0 bridgehead atoms. The van der Waals surface area contributed by atoms with Crippen molar-refractivity contribution in [2.45, 2.75) is 24.1 Å². The lowest BCUT2D eigenvalue weighted by atomic mass is 10.3. The molecule has 9 heteroatoms. The quantitative estimate of drug-likeness (QED) is 0.848. The number of carbonyl (C=O) groups is 1. The van der Waals surface area contributed by atoms with E-state index in [1.165, 1.54) is 11.4 Å². The summed E-state index contributed by atoms with van der Waals surface area (Å²) in [6.45, 7) is 3.27. The van der Waals surface area contributed by atoms with Crippen molar-refractivity contribution in [1.29, 1.82) is 0 Å². The van der Waals surface area contributed by atoms with E-state index in [0.717, 1.165) is 30.1 Å². The molecule has 0 aliphatic rings. The molecule has 0 aliphatic heterocycles. The van der Waals surface area contributed by atoms with Gasteiger partial charge in [0.1, 0.15) is 10.0 Å². The fourth-order valence-corrected chi connectivity index (χ4v) is 3.60. The first-order valence-electron chi connectivity index (χ1n) is 6.63. The highest BCUT2D eigenvalue weighted by atomic mass is 32.2. The van der Waals surface area contributed by atoms with Crippen LogP contribution in [0, 0.1) is 6.92 Å². The lowest BCUT2D eigenvalue weighted by molar-refractivity contribution is 0.0792. The first-order chi connectivity index (χ1) is 10.3. The number of imidazole rings is 1. The minimum absolute atomic E-state index is 0.00158. The third-order valence-corrected chi connectivity index (χ3v) is 5.65. The molecule has 0 unspecified atom stereocenters. The molecule has 2 heterocycles. The summed E-state index contributed by atoms with van der Waals surface area (Å²) in [6, 6.07) is 1.32. The van der Waals surface area contributed by atoms with Crippen LogP contribution in [0.5, 0.6) is 0 Å². The van der Waals surface area contributed by atoms with Crippen molar-refractivity contribution in [3.8, 4) is 0 Å². The van der Waals surface area contributed by atoms with Crippen LogP contribution < -0.4 is 5.14 Å². The number of sulfonamides is 1. The Kier molecular flexibility index (Phi) is 4.99. The Bertz CT molecular complexity index is 764. The van der Waals surface area contributed by atoms with Gasteiger partial charge in [-0.2, -0.15) is 0 Å². The van der Waals surface area contributed by atoms with Crippen molar-refractivity contribution in [3.63, 3.8) is 0 Å². The number of primary sulfonamides is 1. The van der Waals surface area contributed by atoms with Gasteiger partial charge in [-0.3, -0.25) is 4.79 Å². The van der Waals surface area contributed by atoms with E-state index in [1.54, 1.807) is 18.1 Å². The van der Waals surface area contributed by atoms with E-state index in [2.05, 4.69) is 4.98 Å². The number of aromatic nitrogens is 2. The zero-order valence-electron chi connectivity index (χ0n) is 12.4. The van der Waals surface area contributed by atoms with Gasteiger partial charge in [0, 0.05) is 37.9 Å². The monoisotopic (exact) mass is 342 g/mol. The predicted octanol–water partition coefficient (Wildman–Crippen LogP) is 1.06. The average molecular weight is 342 g/mol. The van der Waals surface area contributed by atoms with Crippen molar-refractivity contribution in [2.24, 2.45) is 5.14 Å². The highest BCUT2D eigenvalue weighted by Gasteiger charge is 2.17. The summed E-state index contributed by atoms with van der Waals surface area (Å²) in [6.07, 6.45) is 4.42. The van der Waals surface area contributed by atoms with Crippen LogP contribution in [0.4, 0.5) is 0 Å². The smallest absolute Gasteiger partial charge is 0.254 e. The van der Waals surface area contributed by atoms with Crippen LogP contribution in [-0.2, 0) is 16.6 Å². The van der Waals surface area contributed by atoms with Gasteiger partial charge in [-0.25, -0.2) is 18.5 Å². The third kappa shape index (κ3) is 3.93. The molecule has 2 aromatic rings. The fourth-order valence-electron chi connectivity index (χ4n) is 2.02. The molecule has 0 saturated heterocycles. The SMILES string of the molecule is Cc1nccn1CCCN(C)C(=O)c1csc(S(N)(=O)=O)c1. The molecule has 120 valence electrons. The second kappa shape index (κ2) is 6.59. The lowest BCUT2D eigenvalue weighted by Gasteiger charge is -2.16. The Labute approximate surface area is 133 Å². The molecule has 0 aliphatic carbocycles. The van der Waals surface area contributed by atoms with Gasteiger partial charge in [-0.1, -0.05) is 0 Å². The van der Waals surface area contributed by atoms with Crippen LogP contribution in [0.15, 0.2) is 28.0 Å². The predicted molar refractivity (Wildman–Crippen MR) is 84.2 cm³/mol. The van der Waals surface area contributed by atoms with Gasteiger partial charge in [-0.15, -0.1) is 11.3 Å². The van der Waals surface area contributed by atoms with Crippen LogP contribution >= 0.6 is 11.3 Å². The Morgan fingerprint density at radius 2 is 2.23 bits per heavy atom. The van der Waals surface area contributed by atoms with Crippen molar-refractivity contribution in [2.75, 3.05) is 13.6 Å². The third-order valence-electron chi connectivity index (χ3n) is 3.27. The Hall–Kier alpha value is -1.71. The van der Waals surface area contributed by atoms with Crippen molar-refractivity contribution in [1.82, 2.24) is 14.5 Å². The summed E-state index contributed by atoms with van der Waals surface area (Å²) in [5.74, 6) is 0.720. The largest absolute Gasteiger partial charge is 0.342 e. The van der Waals surface area contributed by atoms with Gasteiger partial charge in [0.15, 0.2) is 0 Å². The van der Waals surface area contributed by atoms with Gasteiger partial charge in [0.2, 0.25) is 10.0 Å². The number of thiophene rings is 1. The van der Waals surface area contributed by atoms with Crippen LogP contribution in [0.1, 0.15) is 22.6 Å². The van der Waals surface area contributed by atoms with Gasteiger partial charge in [0.05, 0.1) is 5.56 Å². The van der Waals surface area contributed by atoms with Crippen molar-refractivity contribution >= 4 is 27.3 Å². The lowest BCUT2D eigenvalue weighted by Crippen LogP contribution is -2.28. The highest BCUT2D eigenvalue weighted by molar-refractivity contribution is 7.91. The molecule has 0 saturated carbocycles. The van der Waals surface area contributed by atoms with E-state index in [4.69, 9.17) is 5.14 Å². The maximum Gasteiger partial charge on any atom is 0.254 e. The van der Waals surface area contributed by atoms with E-state index >= 15 is 0 Å². The van der Waals surface area contributed by atoms with Crippen molar-refractivity contribution < 1.29 is 13.2 Å². The van der Waals surface area contributed by atoms with Crippen molar-refractivity contribution in [3.05, 3.63) is 35.2 Å². The number of hydrogen-bond acceptors (Lipinski definition) is 5. The molecule has 22 heavy (non-hydrogen) atoms. The first kappa shape index (κ1) is 16.7. The number of aryl methyl sites for hydroxylation is 2. The summed E-state index contributed by atoms with van der Waals surface area (Å²) in [4.78, 5) is 17.9. The normalized spacial score (nSPS) is 11.6. The van der Waals surface area contributed by atoms with E-state index in [1.807, 2.05) is 17.7 Å². The molecule has 1 amide bonds. The van der Waals surface area contributed by atoms with Crippen LogP contribution in [0.25, 0.3) is 0 Å². The molecular weight excluding hydrogens is 324 g/mol. The maximum atomic E-state index is 12.2. The molecule has 0 spiro atoms. The minimum Gasteiger partial charge on any atom is -0.342 e. The molecule has 0 aromatic carbocycles. The summed E-state index contributed by atoms with van der Waals surface area (Å²) in [5.41, 5.74) is 0.343. The summed E-state index contributed by atoms with van der Waals surface area (Å²) in [5, 5.41) is 6.56. The maximum absolute atomic E-state index is 12.2. The summed E-state index contributed by atoms with van der Waals surface area (Å²) in [7, 11) is -2.06. The number of carbonyl (C=O) groups excluding carboxylic acids is 1. The highest BCUT2D eigenvalue weighted by Crippen LogP contribution is 2.19. The number of nitrogens with zero attached hydrogens (tertiary/aromatic N) is 3. The Morgan fingerprint density at radius 1 is 1.50 bits per heavy atom. The van der Waals surface area contributed by atoms with E-state index < -0.39 is 10.0 Å². The van der Waals surface area contributed by atoms with Gasteiger partial charge in [0.25, 0.3) is 5.91 Å². The standard InChI is InChI=1S/C13H18N4O3S2/c1-10-15-4-7-17(10)6-3-5-16(2)13(18)11-8-12(21-9-11)22(14,19)20/h4,7-9H,3,5-6H2,1-2H3,(H2,14,19,20). The summed E-state index contributed by atoms with van der Waals surface area (Å²) < 4.78 is 24.5. The molecule has 0 radical (unpaired) electrons. The summed E-state index contributed by atoms with van der Waals surface area (Å²) >= 11 is 0.953. The Balaban J connectivity index is 1.92. The van der Waals surface area contributed by atoms with Crippen LogP contribution in [0.3, 0.4) is 0 Å². The van der Waals surface area contributed by atoms with Gasteiger partial charge in [-0.05, 0) is 19.4 Å². The van der Waals surface area contributed by atoms with E-state index in [0.29, 0.717) is 12.1 Å². The first-order valence-corrected chi connectivity index (χ1v) is 9.06.